The van der Waals surface area contributed by atoms with Gasteiger partial charge in [-0.3, -0.25) is 30.1 Å². The molecule has 3 heterocycles. The number of carbonyl (C=O) groups is 1. The lowest BCUT2D eigenvalue weighted by Crippen LogP contribution is -2.67. The molecule has 0 aliphatic carbocycles. The van der Waals surface area contributed by atoms with Crippen LogP contribution in [0.4, 0.5) is 10.5 Å². The van der Waals surface area contributed by atoms with Gasteiger partial charge in [0.2, 0.25) is 16.1 Å². The third-order valence-corrected chi connectivity index (χ3v) is 8.12. The largest absolute Gasteiger partial charge is 0.324 e. The maximum absolute atomic E-state index is 13.7. The van der Waals surface area contributed by atoms with Crippen LogP contribution >= 0.6 is 11.3 Å². The lowest BCUT2D eigenvalue weighted by molar-refractivity contribution is -0.384. The minimum absolute atomic E-state index is 0.0645. The lowest BCUT2D eigenvalue weighted by atomic mass is 9.80. The van der Waals surface area contributed by atoms with Crippen LogP contribution in [0.5, 0.6) is 0 Å². The molecule has 0 radical (unpaired) electrons. The summed E-state index contributed by atoms with van der Waals surface area (Å²) in [5.41, 5.74) is 2.50. The first-order valence-corrected chi connectivity index (χ1v) is 12.6. The molecule has 4 aromatic rings. The number of carbonyl (C=O) groups excluding carboxylic acids is 1. The molecule has 10 nitrogen and oxygen atoms in total. The Hall–Kier alpha value is -4.77. The number of thiazole rings is 1. The summed E-state index contributed by atoms with van der Waals surface area (Å²) in [6, 6.07) is 24.8. The van der Waals surface area contributed by atoms with Crippen LogP contribution < -0.4 is 20.3 Å². The quantitative estimate of drug-likeness (QED) is 0.324. The molecule has 6 rings (SSSR count). The van der Waals surface area contributed by atoms with Gasteiger partial charge >= 0.3 is 6.03 Å². The van der Waals surface area contributed by atoms with Gasteiger partial charge in [0.05, 0.1) is 9.46 Å². The molecule has 1 fully saturated rings. The zero-order valence-corrected chi connectivity index (χ0v) is 21.3. The van der Waals surface area contributed by atoms with Gasteiger partial charge in [0.25, 0.3) is 11.2 Å². The number of urea groups is 1. The van der Waals surface area contributed by atoms with Crippen LogP contribution in [0.25, 0.3) is 6.08 Å². The summed E-state index contributed by atoms with van der Waals surface area (Å²) in [7, 11) is 3.40. The number of benzene rings is 3. The summed E-state index contributed by atoms with van der Waals surface area (Å²) >= 11 is 1.15. The number of likely N-dealkylation sites (N-methyl/N-ethyl adjacent to an activating group) is 2. The van der Waals surface area contributed by atoms with Crippen LogP contribution in [0.1, 0.15) is 16.7 Å². The van der Waals surface area contributed by atoms with Gasteiger partial charge in [-0.1, -0.05) is 84.1 Å². The standard InChI is InChI=1S/C27H22N6O4S/c1-30-25(35)31(2)27(20-13-7-4-8-14-20)26(30,19-11-5-3-6-12-19)28-24-32(29-27)23(34)22(38-24)17-18-10-9-15-21(16-18)33(36)37/h3-17,29H,1-2H3/b22-17+/t26-,27+/m0/s1. The molecule has 2 amide bonds. The van der Waals surface area contributed by atoms with Gasteiger partial charge in [-0.05, 0) is 11.6 Å². The van der Waals surface area contributed by atoms with Crippen molar-refractivity contribution >= 4 is 29.1 Å². The van der Waals surface area contributed by atoms with Crippen LogP contribution in [-0.4, -0.2) is 39.5 Å². The second-order valence-electron chi connectivity index (χ2n) is 9.12. The summed E-state index contributed by atoms with van der Waals surface area (Å²) in [6.07, 6.45) is 1.61. The fourth-order valence-corrected chi connectivity index (χ4v) is 6.36. The number of aromatic nitrogens is 1. The monoisotopic (exact) mass is 526 g/mol. The summed E-state index contributed by atoms with van der Waals surface area (Å²) in [5.74, 6) is 0. The zero-order valence-electron chi connectivity index (χ0n) is 20.4. The average Bonchev–Trinajstić information content (AvgIpc) is 3.33. The summed E-state index contributed by atoms with van der Waals surface area (Å²) in [5, 5.41) is 11.2. The first-order valence-electron chi connectivity index (χ1n) is 11.8. The molecule has 0 bridgehead atoms. The number of rotatable bonds is 4. The van der Waals surface area contributed by atoms with Gasteiger partial charge in [0.1, 0.15) is 0 Å². The van der Waals surface area contributed by atoms with Crippen LogP contribution in [0, 0.1) is 10.1 Å². The van der Waals surface area contributed by atoms with Gasteiger partial charge in [0, 0.05) is 37.4 Å². The van der Waals surface area contributed by atoms with E-state index in [0.717, 1.165) is 22.5 Å². The van der Waals surface area contributed by atoms with Crippen molar-refractivity contribution in [1.29, 1.82) is 0 Å². The highest BCUT2D eigenvalue weighted by molar-refractivity contribution is 7.07. The van der Waals surface area contributed by atoms with Crippen LogP contribution in [0.15, 0.2) is 94.7 Å². The lowest BCUT2D eigenvalue weighted by Gasteiger charge is -2.49. The number of fused-ring (bicyclic) bond motifs is 2. The Morgan fingerprint density at radius 2 is 1.58 bits per heavy atom. The number of nitro benzene ring substituents is 1. The molecule has 1 aromatic heterocycles. The van der Waals surface area contributed by atoms with Gasteiger partial charge in [-0.15, -0.1) is 0 Å². The molecule has 1 saturated heterocycles. The highest BCUT2D eigenvalue weighted by atomic mass is 32.1. The molecule has 3 aromatic carbocycles. The molecule has 0 unspecified atom stereocenters. The summed E-state index contributed by atoms with van der Waals surface area (Å²) in [6.45, 7) is 0. The van der Waals surface area contributed by atoms with Crippen LogP contribution in [0.3, 0.4) is 0 Å². The van der Waals surface area contributed by atoms with E-state index in [0.29, 0.717) is 14.9 Å². The maximum Gasteiger partial charge on any atom is 0.324 e. The Kier molecular flexibility index (Phi) is 5.21. The number of amides is 2. The molecule has 0 spiro atoms. The normalized spacial score (nSPS) is 22.5. The second kappa shape index (κ2) is 8.38. The fraction of sp³-hybridized carbons (Fsp3) is 0.148. The Bertz CT molecular complexity index is 1770. The van der Waals surface area contributed by atoms with Gasteiger partial charge in [-0.2, -0.15) is 4.68 Å². The van der Waals surface area contributed by atoms with Crippen LogP contribution in [-0.2, 0) is 11.3 Å². The third kappa shape index (κ3) is 3.08. The van der Waals surface area contributed by atoms with Gasteiger partial charge < -0.3 is 0 Å². The van der Waals surface area contributed by atoms with E-state index in [2.05, 4.69) is 5.43 Å². The van der Waals surface area contributed by atoms with E-state index in [9.17, 15) is 19.7 Å². The van der Waals surface area contributed by atoms with E-state index in [4.69, 9.17) is 4.99 Å². The van der Waals surface area contributed by atoms with Crippen molar-refractivity contribution < 1.29 is 9.72 Å². The molecular formula is C27H22N6O4S. The van der Waals surface area contributed by atoms with Crippen molar-refractivity contribution in [2.75, 3.05) is 19.5 Å². The SMILES string of the molecule is CN1C(=O)N(C)[C@]2(c3ccccc3)N=c3s/c(=C/c4cccc([N+](=O)[O-])c4)c(=O)n3N[C@]12c1ccccc1. The van der Waals surface area contributed by atoms with Crippen molar-refractivity contribution in [3.63, 3.8) is 0 Å². The minimum atomic E-state index is -1.26. The van der Waals surface area contributed by atoms with E-state index in [1.165, 1.54) is 16.8 Å². The minimum Gasteiger partial charge on any atom is -0.295 e. The van der Waals surface area contributed by atoms with Crippen LogP contribution in [0.2, 0.25) is 0 Å². The fourth-order valence-electron chi connectivity index (χ4n) is 5.40. The van der Waals surface area contributed by atoms with Crippen molar-refractivity contribution in [3.05, 3.63) is 131 Å². The number of nitro groups is 1. The van der Waals surface area contributed by atoms with Crippen molar-refractivity contribution in [2.24, 2.45) is 4.99 Å². The Morgan fingerprint density at radius 3 is 2.24 bits per heavy atom. The number of non-ortho nitro benzene ring substituents is 1. The van der Waals surface area contributed by atoms with E-state index in [1.807, 2.05) is 60.7 Å². The molecule has 38 heavy (non-hydrogen) atoms. The predicted octanol–water partition coefficient (Wildman–Crippen LogP) is 2.53. The van der Waals surface area contributed by atoms with Gasteiger partial charge in [-0.25, -0.2) is 9.79 Å². The van der Waals surface area contributed by atoms with Crippen molar-refractivity contribution in [2.45, 2.75) is 11.3 Å². The average molecular weight is 527 g/mol. The third-order valence-electron chi connectivity index (χ3n) is 7.15. The highest BCUT2D eigenvalue weighted by Gasteiger charge is 2.69. The molecule has 0 saturated carbocycles. The summed E-state index contributed by atoms with van der Waals surface area (Å²) < 4.78 is 1.71. The second-order valence-corrected chi connectivity index (χ2v) is 10.1. The topological polar surface area (TPSA) is 113 Å². The Balaban J connectivity index is 1.67. The number of hydrogen-bond donors (Lipinski definition) is 1. The summed E-state index contributed by atoms with van der Waals surface area (Å²) in [4.78, 5) is 46.7. The zero-order chi connectivity index (χ0) is 26.7. The molecule has 2 atom stereocenters. The van der Waals surface area contributed by atoms with Gasteiger partial charge in [0.15, 0.2) is 0 Å². The van der Waals surface area contributed by atoms with E-state index < -0.39 is 16.2 Å². The van der Waals surface area contributed by atoms with E-state index in [1.54, 1.807) is 42.1 Å². The number of hydrogen-bond acceptors (Lipinski definition) is 7. The molecule has 2 aliphatic heterocycles. The van der Waals surface area contributed by atoms with Crippen molar-refractivity contribution in [1.82, 2.24) is 14.5 Å². The number of nitrogens with zero attached hydrogens (tertiary/aromatic N) is 5. The smallest absolute Gasteiger partial charge is 0.295 e. The number of nitrogens with one attached hydrogen (secondary N) is 1. The first-order chi connectivity index (χ1) is 18.3. The van der Waals surface area contributed by atoms with E-state index in [-0.39, 0.29) is 17.3 Å². The molecule has 11 heteroatoms. The highest BCUT2D eigenvalue weighted by Crippen LogP contribution is 2.53. The first kappa shape index (κ1) is 23.6. The Morgan fingerprint density at radius 1 is 0.921 bits per heavy atom. The molecular weight excluding hydrogens is 504 g/mol. The van der Waals surface area contributed by atoms with E-state index >= 15 is 0 Å². The Labute approximate surface area is 220 Å². The maximum atomic E-state index is 13.7. The predicted molar refractivity (Wildman–Crippen MR) is 143 cm³/mol. The molecule has 190 valence electrons. The van der Waals surface area contributed by atoms with Crippen molar-refractivity contribution in [3.8, 4) is 0 Å². The molecule has 1 N–H and O–H groups in total. The molecule has 2 aliphatic rings.